The Morgan fingerprint density at radius 1 is 1.38 bits per heavy atom. The standard InChI is InChI=1S/C17H23NO3/c1-2-12-21-13-6-10-18-17(20)16-9-5-8-15(14-16)7-3-4-11-19/h5,8-9,14,19H,2,4,6,10-13H2,1H3,(H,18,20). The third kappa shape index (κ3) is 7.50. The normalized spacial score (nSPS) is 9.81. The lowest BCUT2D eigenvalue weighted by Crippen LogP contribution is -2.25. The van der Waals surface area contributed by atoms with Gasteiger partial charge in [-0.1, -0.05) is 24.8 Å². The van der Waals surface area contributed by atoms with E-state index in [1.807, 2.05) is 12.1 Å². The molecule has 1 aromatic carbocycles. The van der Waals surface area contributed by atoms with Crippen LogP contribution in [-0.4, -0.2) is 37.4 Å². The number of benzene rings is 1. The molecule has 0 fully saturated rings. The summed E-state index contributed by atoms with van der Waals surface area (Å²) in [6, 6.07) is 7.18. The van der Waals surface area contributed by atoms with Gasteiger partial charge in [0, 0.05) is 37.3 Å². The Hall–Kier alpha value is -1.83. The molecule has 0 saturated carbocycles. The Labute approximate surface area is 126 Å². The van der Waals surface area contributed by atoms with Crippen LogP contribution in [0.1, 0.15) is 42.1 Å². The van der Waals surface area contributed by atoms with Crippen LogP contribution < -0.4 is 5.32 Å². The number of hydrogen-bond acceptors (Lipinski definition) is 3. The van der Waals surface area contributed by atoms with E-state index in [1.54, 1.807) is 12.1 Å². The second-order valence-corrected chi connectivity index (χ2v) is 4.58. The summed E-state index contributed by atoms with van der Waals surface area (Å²) in [5, 5.41) is 11.5. The van der Waals surface area contributed by atoms with Crippen molar-refractivity contribution in [3.05, 3.63) is 35.4 Å². The maximum atomic E-state index is 12.0. The van der Waals surface area contributed by atoms with Crippen molar-refractivity contribution in [2.75, 3.05) is 26.4 Å². The van der Waals surface area contributed by atoms with E-state index in [0.29, 0.717) is 25.1 Å². The molecule has 1 aromatic rings. The van der Waals surface area contributed by atoms with Crippen LogP contribution in [-0.2, 0) is 4.74 Å². The van der Waals surface area contributed by atoms with Crippen molar-refractivity contribution in [2.45, 2.75) is 26.2 Å². The first kappa shape index (κ1) is 17.2. The molecule has 21 heavy (non-hydrogen) atoms. The van der Waals surface area contributed by atoms with Gasteiger partial charge in [0.2, 0.25) is 0 Å². The molecule has 0 heterocycles. The first-order valence-electron chi connectivity index (χ1n) is 7.33. The Morgan fingerprint density at radius 2 is 2.24 bits per heavy atom. The fourth-order valence-electron chi connectivity index (χ4n) is 1.68. The number of hydrogen-bond donors (Lipinski definition) is 2. The monoisotopic (exact) mass is 289 g/mol. The highest BCUT2D eigenvalue weighted by molar-refractivity contribution is 5.94. The van der Waals surface area contributed by atoms with E-state index in [0.717, 1.165) is 25.0 Å². The van der Waals surface area contributed by atoms with Crippen LogP contribution in [0.25, 0.3) is 0 Å². The van der Waals surface area contributed by atoms with E-state index in [-0.39, 0.29) is 12.5 Å². The molecule has 0 aliphatic carbocycles. The molecule has 0 aromatic heterocycles. The number of aliphatic hydroxyl groups is 1. The van der Waals surface area contributed by atoms with Crippen LogP contribution in [0.4, 0.5) is 0 Å². The third-order valence-electron chi connectivity index (χ3n) is 2.69. The number of carbonyl (C=O) groups excluding carboxylic acids is 1. The Morgan fingerprint density at radius 3 is 3.00 bits per heavy atom. The molecule has 4 nitrogen and oxygen atoms in total. The summed E-state index contributed by atoms with van der Waals surface area (Å²) in [6.07, 6.45) is 2.26. The van der Waals surface area contributed by atoms with Gasteiger partial charge in [0.1, 0.15) is 0 Å². The number of rotatable bonds is 8. The van der Waals surface area contributed by atoms with Crippen LogP contribution in [0.5, 0.6) is 0 Å². The molecule has 4 heteroatoms. The van der Waals surface area contributed by atoms with Crippen molar-refractivity contribution >= 4 is 5.91 Å². The van der Waals surface area contributed by atoms with Crippen LogP contribution in [0.15, 0.2) is 24.3 Å². The molecule has 1 rings (SSSR count). The summed E-state index contributed by atoms with van der Waals surface area (Å²) in [5.41, 5.74) is 1.38. The average Bonchev–Trinajstić information content (AvgIpc) is 2.51. The zero-order chi connectivity index (χ0) is 15.3. The van der Waals surface area contributed by atoms with Crippen molar-refractivity contribution in [3.8, 4) is 11.8 Å². The van der Waals surface area contributed by atoms with Crippen LogP contribution in [0.3, 0.4) is 0 Å². The summed E-state index contributed by atoms with van der Waals surface area (Å²) in [5.74, 6) is 5.66. The smallest absolute Gasteiger partial charge is 0.251 e. The van der Waals surface area contributed by atoms with Crippen LogP contribution in [0.2, 0.25) is 0 Å². The van der Waals surface area contributed by atoms with Gasteiger partial charge in [-0.25, -0.2) is 0 Å². The highest BCUT2D eigenvalue weighted by Gasteiger charge is 2.04. The molecule has 0 radical (unpaired) electrons. The molecular weight excluding hydrogens is 266 g/mol. The SMILES string of the molecule is CCCOCCCNC(=O)c1cccc(C#CCCO)c1. The Bertz CT molecular complexity index is 488. The van der Waals surface area contributed by atoms with E-state index in [2.05, 4.69) is 24.1 Å². The molecule has 0 saturated heterocycles. The van der Waals surface area contributed by atoms with Crippen LogP contribution in [0, 0.1) is 11.8 Å². The number of nitrogens with one attached hydrogen (secondary N) is 1. The van der Waals surface area contributed by atoms with Gasteiger partial charge in [-0.3, -0.25) is 4.79 Å². The lowest BCUT2D eigenvalue weighted by atomic mass is 10.1. The van der Waals surface area contributed by atoms with Gasteiger partial charge in [-0.2, -0.15) is 0 Å². The van der Waals surface area contributed by atoms with Gasteiger partial charge < -0.3 is 15.2 Å². The Kier molecular flexibility index (Phi) is 8.94. The minimum absolute atomic E-state index is 0.0489. The molecule has 0 aliphatic rings. The molecular formula is C17H23NO3. The minimum Gasteiger partial charge on any atom is -0.395 e. The molecule has 0 spiro atoms. The zero-order valence-electron chi connectivity index (χ0n) is 12.5. The molecule has 0 bridgehead atoms. The topological polar surface area (TPSA) is 58.6 Å². The van der Waals surface area contributed by atoms with Gasteiger partial charge in [-0.05, 0) is 31.0 Å². The second-order valence-electron chi connectivity index (χ2n) is 4.58. The third-order valence-corrected chi connectivity index (χ3v) is 2.69. The molecule has 114 valence electrons. The predicted octanol–water partition coefficient (Wildman–Crippen LogP) is 1.97. The van der Waals surface area contributed by atoms with Crippen molar-refractivity contribution in [1.29, 1.82) is 0 Å². The second kappa shape index (κ2) is 10.9. The highest BCUT2D eigenvalue weighted by Crippen LogP contribution is 2.04. The number of amides is 1. The fourth-order valence-corrected chi connectivity index (χ4v) is 1.68. The van der Waals surface area contributed by atoms with Gasteiger partial charge in [-0.15, -0.1) is 0 Å². The summed E-state index contributed by atoms with van der Waals surface area (Å²) in [7, 11) is 0. The first-order valence-corrected chi connectivity index (χ1v) is 7.33. The van der Waals surface area contributed by atoms with Gasteiger partial charge in [0.05, 0.1) is 6.61 Å². The van der Waals surface area contributed by atoms with E-state index < -0.39 is 0 Å². The predicted molar refractivity (Wildman–Crippen MR) is 83.1 cm³/mol. The molecule has 2 N–H and O–H groups in total. The number of ether oxygens (including phenoxy) is 1. The zero-order valence-corrected chi connectivity index (χ0v) is 12.5. The van der Waals surface area contributed by atoms with Crippen molar-refractivity contribution < 1.29 is 14.6 Å². The molecule has 0 aliphatic heterocycles. The van der Waals surface area contributed by atoms with Gasteiger partial charge in [0.25, 0.3) is 5.91 Å². The highest BCUT2D eigenvalue weighted by atomic mass is 16.5. The number of carbonyl (C=O) groups is 1. The summed E-state index contributed by atoms with van der Waals surface area (Å²) < 4.78 is 5.35. The molecule has 0 atom stereocenters. The molecule has 1 amide bonds. The maximum absolute atomic E-state index is 12.0. The van der Waals surface area contributed by atoms with Gasteiger partial charge >= 0.3 is 0 Å². The number of aliphatic hydroxyl groups excluding tert-OH is 1. The minimum atomic E-state index is -0.101. The van der Waals surface area contributed by atoms with E-state index in [4.69, 9.17) is 9.84 Å². The summed E-state index contributed by atoms with van der Waals surface area (Å²) in [6.45, 7) is 4.15. The van der Waals surface area contributed by atoms with Crippen LogP contribution >= 0.6 is 0 Å². The lowest BCUT2D eigenvalue weighted by Gasteiger charge is -2.06. The molecule has 0 unspecified atom stereocenters. The van der Waals surface area contributed by atoms with Crippen molar-refractivity contribution in [2.24, 2.45) is 0 Å². The van der Waals surface area contributed by atoms with Crippen molar-refractivity contribution in [1.82, 2.24) is 5.32 Å². The lowest BCUT2D eigenvalue weighted by molar-refractivity contribution is 0.0941. The maximum Gasteiger partial charge on any atom is 0.251 e. The first-order chi connectivity index (χ1) is 10.3. The summed E-state index contributed by atoms with van der Waals surface area (Å²) in [4.78, 5) is 12.0. The average molecular weight is 289 g/mol. The van der Waals surface area contributed by atoms with E-state index in [1.165, 1.54) is 0 Å². The van der Waals surface area contributed by atoms with E-state index >= 15 is 0 Å². The largest absolute Gasteiger partial charge is 0.395 e. The fraction of sp³-hybridized carbons (Fsp3) is 0.471. The quantitative estimate of drug-likeness (QED) is 0.568. The van der Waals surface area contributed by atoms with E-state index in [9.17, 15) is 4.79 Å². The van der Waals surface area contributed by atoms with Gasteiger partial charge in [0.15, 0.2) is 0 Å². The summed E-state index contributed by atoms with van der Waals surface area (Å²) >= 11 is 0. The van der Waals surface area contributed by atoms with Crippen molar-refractivity contribution in [3.63, 3.8) is 0 Å². The Balaban J connectivity index is 2.40.